The first-order valence-electron chi connectivity index (χ1n) is 7.16. The monoisotopic (exact) mass is 300 g/mol. The van der Waals surface area contributed by atoms with Crippen LogP contribution in [0.5, 0.6) is 0 Å². The average Bonchev–Trinajstić information content (AvgIpc) is 2.60. The van der Waals surface area contributed by atoms with E-state index in [1.54, 1.807) is 11.6 Å². The van der Waals surface area contributed by atoms with Gasteiger partial charge in [-0.15, -0.1) is 0 Å². The van der Waals surface area contributed by atoms with Crippen LogP contribution in [-0.4, -0.2) is 37.8 Å². The molecule has 0 amide bonds. The minimum Gasteiger partial charge on any atom is -0.320 e. The standard InChI is InChI=1S/C13H24N4O2S/c1-10-13(20(18,19)16-12-6-4-7-12)11(2)17(15-10)9-5-8-14-3/h12,14,16H,4-9H2,1-3H3. The van der Waals surface area contributed by atoms with Crippen molar-refractivity contribution in [2.75, 3.05) is 13.6 Å². The summed E-state index contributed by atoms with van der Waals surface area (Å²) in [6.07, 6.45) is 3.91. The van der Waals surface area contributed by atoms with E-state index in [2.05, 4.69) is 15.1 Å². The van der Waals surface area contributed by atoms with E-state index in [9.17, 15) is 8.42 Å². The molecule has 1 aromatic rings. The van der Waals surface area contributed by atoms with E-state index < -0.39 is 10.0 Å². The first-order chi connectivity index (χ1) is 9.45. The average molecular weight is 300 g/mol. The molecule has 1 aliphatic carbocycles. The molecular formula is C13H24N4O2S. The van der Waals surface area contributed by atoms with Gasteiger partial charge in [0, 0.05) is 12.6 Å². The van der Waals surface area contributed by atoms with Gasteiger partial charge >= 0.3 is 0 Å². The SMILES string of the molecule is CNCCCn1nc(C)c(S(=O)(=O)NC2CCC2)c1C. The molecule has 0 spiro atoms. The second-order valence-corrected chi connectivity index (χ2v) is 7.08. The number of hydrogen-bond acceptors (Lipinski definition) is 4. The highest BCUT2D eigenvalue weighted by Gasteiger charge is 2.29. The fourth-order valence-corrected chi connectivity index (χ4v) is 4.21. The van der Waals surface area contributed by atoms with E-state index in [-0.39, 0.29) is 6.04 Å². The zero-order valence-electron chi connectivity index (χ0n) is 12.4. The number of nitrogens with zero attached hydrogens (tertiary/aromatic N) is 2. The fourth-order valence-electron chi connectivity index (χ4n) is 2.50. The molecule has 0 radical (unpaired) electrons. The third-order valence-electron chi connectivity index (χ3n) is 3.81. The van der Waals surface area contributed by atoms with Gasteiger partial charge in [0.1, 0.15) is 4.90 Å². The Bertz CT molecular complexity index is 561. The summed E-state index contributed by atoms with van der Waals surface area (Å²) in [6.45, 7) is 5.21. The molecule has 114 valence electrons. The van der Waals surface area contributed by atoms with Crippen LogP contribution in [0.4, 0.5) is 0 Å². The van der Waals surface area contributed by atoms with Crippen molar-refractivity contribution in [1.29, 1.82) is 0 Å². The zero-order chi connectivity index (χ0) is 14.8. The van der Waals surface area contributed by atoms with Gasteiger partial charge in [-0.05, 0) is 46.7 Å². The van der Waals surface area contributed by atoms with Crippen LogP contribution in [0, 0.1) is 13.8 Å². The van der Waals surface area contributed by atoms with Crippen LogP contribution >= 0.6 is 0 Å². The van der Waals surface area contributed by atoms with Gasteiger partial charge in [-0.3, -0.25) is 4.68 Å². The van der Waals surface area contributed by atoms with Gasteiger partial charge in [-0.25, -0.2) is 13.1 Å². The van der Waals surface area contributed by atoms with Crippen LogP contribution < -0.4 is 10.0 Å². The largest absolute Gasteiger partial charge is 0.320 e. The van der Waals surface area contributed by atoms with Gasteiger partial charge in [0.15, 0.2) is 0 Å². The maximum absolute atomic E-state index is 12.4. The van der Waals surface area contributed by atoms with Crippen LogP contribution in [0.1, 0.15) is 37.1 Å². The lowest BCUT2D eigenvalue weighted by atomic mass is 9.94. The molecule has 1 fully saturated rings. The Hall–Kier alpha value is -0.920. The Morgan fingerprint density at radius 1 is 1.35 bits per heavy atom. The molecule has 20 heavy (non-hydrogen) atoms. The summed E-state index contributed by atoms with van der Waals surface area (Å²) in [4.78, 5) is 0.355. The van der Waals surface area contributed by atoms with E-state index in [1.807, 2.05) is 14.0 Å². The van der Waals surface area contributed by atoms with Crippen molar-refractivity contribution >= 4 is 10.0 Å². The molecule has 1 heterocycles. The molecule has 1 aromatic heterocycles. The summed E-state index contributed by atoms with van der Waals surface area (Å²) >= 11 is 0. The molecule has 2 rings (SSSR count). The van der Waals surface area contributed by atoms with Crippen molar-refractivity contribution in [3.63, 3.8) is 0 Å². The third-order valence-corrected chi connectivity index (χ3v) is 5.58. The molecule has 0 atom stereocenters. The van der Waals surface area contributed by atoms with Crippen LogP contribution in [0.2, 0.25) is 0 Å². The lowest BCUT2D eigenvalue weighted by Crippen LogP contribution is -2.39. The molecule has 0 aliphatic heterocycles. The number of aryl methyl sites for hydroxylation is 2. The number of rotatable bonds is 7. The van der Waals surface area contributed by atoms with Gasteiger partial charge in [0.25, 0.3) is 0 Å². The molecular weight excluding hydrogens is 276 g/mol. The minimum atomic E-state index is -3.44. The Labute approximate surface area is 121 Å². The van der Waals surface area contributed by atoms with Gasteiger partial charge < -0.3 is 5.32 Å². The first-order valence-corrected chi connectivity index (χ1v) is 8.65. The Morgan fingerprint density at radius 2 is 2.05 bits per heavy atom. The molecule has 0 saturated heterocycles. The van der Waals surface area contributed by atoms with E-state index in [1.165, 1.54) is 0 Å². The normalized spacial score (nSPS) is 16.4. The lowest BCUT2D eigenvalue weighted by Gasteiger charge is -2.26. The van der Waals surface area contributed by atoms with Crippen LogP contribution in [0.15, 0.2) is 4.90 Å². The van der Waals surface area contributed by atoms with Crippen molar-refractivity contribution in [2.45, 2.75) is 57.0 Å². The van der Waals surface area contributed by atoms with Crippen LogP contribution in [0.3, 0.4) is 0 Å². The molecule has 0 bridgehead atoms. The van der Waals surface area contributed by atoms with Gasteiger partial charge in [0.2, 0.25) is 10.0 Å². The minimum absolute atomic E-state index is 0.103. The van der Waals surface area contributed by atoms with E-state index in [4.69, 9.17) is 0 Å². The lowest BCUT2D eigenvalue weighted by molar-refractivity contribution is 0.383. The van der Waals surface area contributed by atoms with E-state index >= 15 is 0 Å². The van der Waals surface area contributed by atoms with Gasteiger partial charge in [-0.2, -0.15) is 5.10 Å². The first kappa shape index (κ1) is 15.5. The summed E-state index contributed by atoms with van der Waals surface area (Å²) in [5.41, 5.74) is 1.31. The number of aromatic nitrogens is 2. The molecule has 6 nitrogen and oxygen atoms in total. The van der Waals surface area contributed by atoms with Crippen molar-refractivity contribution in [3.05, 3.63) is 11.4 Å². The number of hydrogen-bond donors (Lipinski definition) is 2. The Morgan fingerprint density at radius 3 is 2.60 bits per heavy atom. The Balaban J connectivity index is 2.18. The van der Waals surface area contributed by atoms with Crippen LogP contribution in [-0.2, 0) is 16.6 Å². The highest BCUT2D eigenvalue weighted by molar-refractivity contribution is 7.89. The Kier molecular flexibility index (Phi) is 4.82. The second-order valence-electron chi connectivity index (χ2n) is 5.43. The summed E-state index contributed by atoms with van der Waals surface area (Å²) in [7, 11) is -1.54. The van der Waals surface area contributed by atoms with Gasteiger partial charge in [-0.1, -0.05) is 6.42 Å². The van der Waals surface area contributed by atoms with Crippen molar-refractivity contribution in [3.8, 4) is 0 Å². The zero-order valence-corrected chi connectivity index (χ0v) is 13.3. The topological polar surface area (TPSA) is 76.0 Å². The summed E-state index contributed by atoms with van der Waals surface area (Å²) < 4.78 is 29.5. The molecule has 0 aromatic carbocycles. The quantitative estimate of drug-likeness (QED) is 0.735. The smallest absolute Gasteiger partial charge is 0.244 e. The number of sulfonamides is 1. The maximum atomic E-state index is 12.4. The number of nitrogens with one attached hydrogen (secondary N) is 2. The molecule has 1 saturated carbocycles. The van der Waals surface area contributed by atoms with E-state index in [0.29, 0.717) is 10.6 Å². The molecule has 0 unspecified atom stereocenters. The highest BCUT2D eigenvalue weighted by Crippen LogP contribution is 2.24. The van der Waals surface area contributed by atoms with E-state index in [0.717, 1.165) is 44.5 Å². The summed E-state index contributed by atoms with van der Waals surface area (Å²) in [5, 5.41) is 7.45. The molecule has 2 N–H and O–H groups in total. The second kappa shape index (κ2) is 6.24. The van der Waals surface area contributed by atoms with Crippen molar-refractivity contribution < 1.29 is 8.42 Å². The molecule has 1 aliphatic rings. The summed E-state index contributed by atoms with van der Waals surface area (Å²) in [6, 6.07) is 0.103. The fraction of sp³-hybridized carbons (Fsp3) is 0.769. The predicted molar refractivity (Wildman–Crippen MR) is 78.2 cm³/mol. The predicted octanol–water partition coefficient (Wildman–Crippen LogP) is 0.940. The van der Waals surface area contributed by atoms with Gasteiger partial charge in [0.05, 0.1) is 11.4 Å². The summed E-state index contributed by atoms with van der Waals surface area (Å²) in [5.74, 6) is 0. The third kappa shape index (κ3) is 3.21. The molecule has 7 heteroatoms. The highest BCUT2D eigenvalue weighted by atomic mass is 32.2. The van der Waals surface area contributed by atoms with Crippen LogP contribution in [0.25, 0.3) is 0 Å². The van der Waals surface area contributed by atoms with Crippen molar-refractivity contribution in [1.82, 2.24) is 19.8 Å². The maximum Gasteiger partial charge on any atom is 0.244 e. The van der Waals surface area contributed by atoms with Crippen molar-refractivity contribution in [2.24, 2.45) is 0 Å².